The lowest BCUT2D eigenvalue weighted by Gasteiger charge is -2.30. The Morgan fingerprint density at radius 1 is 1.08 bits per heavy atom. The Hall–Kier alpha value is -2.73. The van der Waals surface area contributed by atoms with Crippen LogP contribution in [0.25, 0.3) is 0 Å². The molecule has 0 saturated heterocycles. The van der Waals surface area contributed by atoms with Gasteiger partial charge in [0.1, 0.15) is 5.82 Å². The van der Waals surface area contributed by atoms with Crippen LogP contribution in [0.15, 0.2) is 59.8 Å². The predicted octanol–water partition coefficient (Wildman–Crippen LogP) is 3.57. The van der Waals surface area contributed by atoms with E-state index in [0.29, 0.717) is 22.1 Å². The number of anilines is 1. The van der Waals surface area contributed by atoms with Gasteiger partial charge < -0.3 is 16.0 Å². The van der Waals surface area contributed by atoms with Crippen LogP contribution >= 0.6 is 12.2 Å². The Balaban J connectivity index is 1.92. The first-order valence-corrected chi connectivity index (χ1v) is 8.26. The fourth-order valence-electron chi connectivity index (χ4n) is 2.74. The van der Waals surface area contributed by atoms with Gasteiger partial charge >= 0.3 is 0 Å². The van der Waals surface area contributed by atoms with Gasteiger partial charge in [-0.1, -0.05) is 29.8 Å². The van der Waals surface area contributed by atoms with E-state index in [0.717, 1.165) is 11.1 Å². The molecule has 0 bridgehead atoms. The molecular weight excluding hydrogens is 337 g/mol. The summed E-state index contributed by atoms with van der Waals surface area (Å²) in [6.07, 6.45) is 0. The Morgan fingerprint density at radius 3 is 2.36 bits per heavy atom. The van der Waals surface area contributed by atoms with Gasteiger partial charge in [0.2, 0.25) is 0 Å². The van der Waals surface area contributed by atoms with Gasteiger partial charge in [0, 0.05) is 11.4 Å². The molecule has 0 saturated carbocycles. The molecule has 1 aliphatic rings. The zero-order chi connectivity index (χ0) is 18.0. The molecule has 0 unspecified atom stereocenters. The molecule has 0 spiro atoms. The third-order valence-corrected chi connectivity index (χ3v) is 4.25. The molecule has 6 heteroatoms. The zero-order valence-corrected chi connectivity index (χ0v) is 14.7. The molecule has 0 radical (unpaired) electrons. The van der Waals surface area contributed by atoms with Crippen molar-refractivity contribution < 1.29 is 9.18 Å². The average Bonchev–Trinajstić information content (AvgIpc) is 2.57. The number of hydrogen-bond donors (Lipinski definition) is 3. The fourth-order valence-corrected chi connectivity index (χ4v) is 3.01. The monoisotopic (exact) mass is 355 g/mol. The molecule has 3 rings (SSSR count). The van der Waals surface area contributed by atoms with Crippen LogP contribution in [0.4, 0.5) is 10.1 Å². The van der Waals surface area contributed by atoms with Gasteiger partial charge in [0.05, 0.1) is 11.6 Å². The van der Waals surface area contributed by atoms with Crippen molar-refractivity contribution in [2.75, 3.05) is 5.32 Å². The zero-order valence-electron chi connectivity index (χ0n) is 13.9. The number of rotatable bonds is 3. The summed E-state index contributed by atoms with van der Waals surface area (Å²) in [4.78, 5) is 12.9. The Kier molecular flexibility index (Phi) is 4.81. The normalized spacial score (nSPS) is 16.9. The van der Waals surface area contributed by atoms with E-state index in [9.17, 15) is 9.18 Å². The molecule has 2 aromatic rings. The molecular formula is C19H18FN3OS. The summed E-state index contributed by atoms with van der Waals surface area (Å²) in [5.74, 6) is -0.565. The Morgan fingerprint density at radius 2 is 1.72 bits per heavy atom. The van der Waals surface area contributed by atoms with Crippen molar-refractivity contribution in [2.45, 2.75) is 19.9 Å². The second-order valence-corrected chi connectivity index (χ2v) is 6.35. The SMILES string of the molecule is CC1=C(C(=O)Nc2ccc(C)cc2)[C@H](c2ccc(F)cc2)NC(=S)N1. The van der Waals surface area contributed by atoms with Crippen LogP contribution in [0, 0.1) is 12.7 Å². The quantitative estimate of drug-likeness (QED) is 0.737. The van der Waals surface area contributed by atoms with E-state index in [-0.39, 0.29) is 11.7 Å². The summed E-state index contributed by atoms with van der Waals surface area (Å²) in [5, 5.41) is 9.40. The minimum absolute atomic E-state index is 0.238. The van der Waals surface area contributed by atoms with Gasteiger partial charge in [-0.15, -0.1) is 0 Å². The minimum Gasteiger partial charge on any atom is -0.351 e. The van der Waals surface area contributed by atoms with E-state index in [1.54, 1.807) is 19.1 Å². The Bertz CT molecular complexity index is 844. The van der Waals surface area contributed by atoms with Crippen LogP contribution < -0.4 is 16.0 Å². The van der Waals surface area contributed by atoms with E-state index in [2.05, 4.69) is 16.0 Å². The lowest BCUT2D eigenvalue weighted by atomic mass is 9.95. The van der Waals surface area contributed by atoms with Gasteiger partial charge in [-0.05, 0) is 55.9 Å². The highest BCUT2D eigenvalue weighted by atomic mass is 32.1. The first-order chi connectivity index (χ1) is 11.9. The van der Waals surface area contributed by atoms with Crippen molar-refractivity contribution in [3.05, 3.63) is 76.7 Å². The molecule has 4 nitrogen and oxygen atoms in total. The molecule has 25 heavy (non-hydrogen) atoms. The van der Waals surface area contributed by atoms with Gasteiger partial charge in [-0.3, -0.25) is 4.79 Å². The Labute approximate surface area is 151 Å². The molecule has 2 aromatic carbocycles. The predicted molar refractivity (Wildman–Crippen MR) is 101 cm³/mol. The van der Waals surface area contributed by atoms with E-state index in [4.69, 9.17) is 12.2 Å². The number of hydrogen-bond acceptors (Lipinski definition) is 2. The van der Waals surface area contributed by atoms with Gasteiger partial charge in [0.15, 0.2) is 5.11 Å². The summed E-state index contributed by atoms with van der Waals surface area (Å²) in [6, 6.07) is 13.1. The van der Waals surface area contributed by atoms with Crippen molar-refractivity contribution >= 4 is 28.9 Å². The molecule has 0 aromatic heterocycles. The van der Waals surface area contributed by atoms with Crippen LogP contribution in [-0.2, 0) is 4.79 Å². The fraction of sp³-hybridized carbons (Fsp3) is 0.158. The highest BCUT2D eigenvalue weighted by Crippen LogP contribution is 2.28. The largest absolute Gasteiger partial charge is 0.351 e. The van der Waals surface area contributed by atoms with Crippen LogP contribution in [0.3, 0.4) is 0 Å². The summed E-state index contributed by atoms with van der Waals surface area (Å²) in [5.41, 5.74) is 3.77. The summed E-state index contributed by atoms with van der Waals surface area (Å²) >= 11 is 5.21. The molecule has 1 atom stereocenters. The maximum atomic E-state index is 13.2. The standard InChI is InChI=1S/C19H18FN3OS/c1-11-3-9-15(10-4-11)22-18(24)16-12(2)21-19(25)23-17(16)13-5-7-14(20)8-6-13/h3-10,17H,1-2H3,(H,22,24)(H2,21,23,25)/t17-/m0/s1. The van der Waals surface area contributed by atoms with E-state index < -0.39 is 6.04 Å². The highest BCUT2D eigenvalue weighted by Gasteiger charge is 2.29. The minimum atomic E-state index is -0.445. The van der Waals surface area contributed by atoms with Gasteiger partial charge in [-0.2, -0.15) is 0 Å². The van der Waals surface area contributed by atoms with Crippen molar-refractivity contribution in [2.24, 2.45) is 0 Å². The number of amides is 1. The molecule has 0 aliphatic carbocycles. The number of benzene rings is 2. The van der Waals surface area contributed by atoms with E-state index in [1.165, 1.54) is 12.1 Å². The number of thiocarbonyl (C=S) groups is 1. The molecule has 0 fully saturated rings. The number of aryl methyl sites for hydroxylation is 1. The van der Waals surface area contributed by atoms with E-state index in [1.807, 2.05) is 31.2 Å². The van der Waals surface area contributed by atoms with Crippen molar-refractivity contribution in [3.63, 3.8) is 0 Å². The van der Waals surface area contributed by atoms with Crippen LogP contribution in [0.5, 0.6) is 0 Å². The first kappa shape index (κ1) is 17.1. The third-order valence-electron chi connectivity index (χ3n) is 4.03. The molecule has 3 N–H and O–H groups in total. The lowest BCUT2D eigenvalue weighted by Crippen LogP contribution is -2.45. The number of nitrogens with one attached hydrogen (secondary N) is 3. The second kappa shape index (κ2) is 7.03. The smallest absolute Gasteiger partial charge is 0.255 e. The summed E-state index contributed by atoms with van der Waals surface area (Å²) in [7, 11) is 0. The maximum Gasteiger partial charge on any atom is 0.255 e. The van der Waals surface area contributed by atoms with Crippen molar-refractivity contribution in [1.82, 2.24) is 10.6 Å². The molecule has 128 valence electrons. The van der Waals surface area contributed by atoms with Crippen LogP contribution in [-0.4, -0.2) is 11.0 Å². The van der Waals surface area contributed by atoms with Gasteiger partial charge in [0.25, 0.3) is 5.91 Å². The van der Waals surface area contributed by atoms with Crippen LogP contribution in [0.1, 0.15) is 24.1 Å². The first-order valence-electron chi connectivity index (χ1n) is 7.86. The third kappa shape index (κ3) is 3.85. The van der Waals surface area contributed by atoms with E-state index >= 15 is 0 Å². The topological polar surface area (TPSA) is 53.2 Å². The van der Waals surface area contributed by atoms with Crippen molar-refractivity contribution in [3.8, 4) is 0 Å². The molecule has 1 heterocycles. The summed E-state index contributed by atoms with van der Waals surface area (Å²) < 4.78 is 13.2. The number of halogens is 1. The number of carbonyl (C=O) groups excluding carboxylic acids is 1. The van der Waals surface area contributed by atoms with Crippen LogP contribution in [0.2, 0.25) is 0 Å². The number of carbonyl (C=O) groups is 1. The lowest BCUT2D eigenvalue weighted by molar-refractivity contribution is -0.113. The van der Waals surface area contributed by atoms with Gasteiger partial charge in [-0.25, -0.2) is 4.39 Å². The molecule has 1 amide bonds. The second-order valence-electron chi connectivity index (χ2n) is 5.94. The maximum absolute atomic E-state index is 13.2. The highest BCUT2D eigenvalue weighted by molar-refractivity contribution is 7.80. The molecule has 1 aliphatic heterocycles. The average molecular weight is 355 g/mol. The number of allylic oxidation sites excluding steroid dienone is 1. The summed E-state index contributed by atoms with van der Waals surface area (Å²) in [6.45, 7) is 3.78. The van der Waals surface area contributed by atoms with Crippen molar-refractivity contribution in [1.29, 1.82) is 0 Å².